The van der Waals surface area contributed by atoms with Gasteiger partial charge in [-0.2, -0.15) is 0 Å². The molecule has 2 atom stereocenters. The first-order valence-electron chi connectivity index (χ1n) is 11.3. The normalized spacial score (nSPS) is 19.0. The van der Waals surface area contributed by atoms with E-state index in [9.17, 15) is 9.59 Å². The highest BCUT2D eigenvalue weighted by Crippen LogP contribution is 2.05. The third-order valence-electron chi connectivity index (χ3n) is 5.79. The van der Waals surface area contributed by atoms with Gasteiger partial charge in [-0.15, -0.1) is 0 Å². The van der Waals surface area contributed by atoms with Crippen LogP contribution in [0.3, 0.4) is 0 Å². The number of rotatable bonds is 12. The van der Waals surface area contributed by atoms with Crippen LogP contribution in [0.4, 0.5) is 0 Å². The molecule has 0 radical (unpaired) electrons. The smallest absolute Gasteiger partial charge is 0.274 e. The van der Waals surface area contributed by atoms with Crippen LogP contribution < -0.4 is 10.2 Å². The fraction of sp³-hybridized carbons (Fsp3) is 0.727. The number of nitrogens with one attached hydrogen (secondary N) is 2. The number of piperidine rings is 1. The van der Waals surface area contributed by atoms with Crippen LogP contribution in [0.15, 0.2) is 18.6 Å². The zero-order chi connectivity index (χ0) is 20.9. The SMILES string of the molecule is CCCCCN(CCC(=O)NCCC[NH+]1CCCC[C@@H]1C)C(=O)c1cnccn1. The number of aromatic nitrogens is 2. The van der Waals surface area contributed by atoms with Crippen LogP contribution in [-0.2, 0) is 4.79 Å². The maximum atomic E-state index is 12.7. The van der Waals surface area contributed by atoms with Gasteiger partial charge >= 0.3 is 0 Å². The lowest BCUT2D eigenvalue weighted by molar-refractivity contribution is -0.928. The molecule has 29 heavy (non-hydrogen) atoms. The van der Waals surface area contributed by atoms with Gasteiger partial charge in [-0.05, 0) is 32.6 Å². The molecule has 2 N–H and O–H groups in total. The van der Waals surface area contributed by atoms with Crippen molar-refractivity contribution >= 4 is 11.8 Å². The van der Waals surface area contributed by atoms with E-state index >= 15 is 0 Å². The molecule has 7 heteroatoms. The zero-order valence-corrected chi connectivity index (χ0v) is 18.2. The van der Waals surface area contributed by atoms with Gasteiger partial charge in [0.2, 0.25) is 5.91 Å². The number of unbranched alkanes of at least 4 members (excludes halogenated alkanes) is 2. The summed E-state index contributed by atoms with van der Waals surface area (Å²) in [4.78, 5) is 36.5. The van der Waals surface area contributed by atoms with Gasteiger partial charge in [-0.3, -0.25) is 14.6 Å². The molecule has 0 aromatic carbocycles. The van der Waals surface area contributed by atoms with Crippen molar-refractivity contribution in [2.24, 2.45) is 0 Å². The second-order valence-corrected chi connectivity index (χ2v) is 8.10. The molecule has 1 saturated heterocycles. The molecule has 0 spiro atoms. The van der Waals surface area contributed by atoms with Crippen molar-refractivity contribution in [3.8, 4) is 0 Å². The summed E-state index contributed by atoms with van der Waals surface area (Å²) >= 11 is 0. The first kappa shape index (κ1) is 23.3. The predicted octanol–water partition coefficient (Wildman–Crippen LogP) is 1.46. The van der Waals surface area contributed by atoms with E-state index < -0.39 is 0 Å². The summed E-state index contributed by atoms with van der Waals surface area (Å²) in [5, 5.41) is 3.02. The van der Waals surface area contributed by atoms with E-state index in [0.717, 1.165) is 38.3 Å². The lowest BCUT2D eigenvalue weighted by atomic mass is 10.0. The highest BCUT2D eigenvalue weighted by Gasteiger charge is 2.21. The lowest BCUT2D eigenvalue weighted by Gasteiger charge is -2.30. The van der Waals surface area contributed by atoms with Crippen LogP contribution in [0.1, 0.15) is 75.7 Å². The van der Waals surface area contributed by atoms with Gasteiger partial charge in [0.15, 0.2) is 0 Å². The lowest BCUT2D eigenvalue weighted by Crippen LogP contribution is -3.16. The summed E-state index contributed by atoms with van der Waals surface area (Å²) in [5.41, 5.74) is 0.336. The standard InChI is InChI=1S/C22H37N5O2/c1-3-4-6-15-27(22(29)20-18-23-12-13-24-20)17-10-21(28)25-11-8-16-26-14-7-5-9-19(26)2/h12-13,18-19H,3-11,14-17H2,1-2H3,(H,25,28)/p+1/t19-/m0/s1. The molecule has 7 nitrogen and oxygen atoms in total. The van der Waals surface area contributed by atoms with E-state index in [-0.39, 0.29) is 11.8 Å². The minimum atomic E-state index is -0.148. The van der Waals surface area contributed by atoms with Gasteiger partial charge in [0.25, 0.3) is 5.91 Å². The van der Waals surface area contributed by atoms with Crippen LogP contribution in [0, 0.1) is 0 Å². The Kier molecular flexibility index (Phi) is 10.6. The van der Waals surface area contributed by atoms with Gasteiger partial charge in [0, 0.05) is 44.9 Å². The first-order valence-corrected chi connectivity index (χ1v) is 11.3. The van der Waals surface area contributed by atoms with Crippen molar-refractivity contribution in [2.45, 2.75) is 71.3 Å². The second-order valence-electron chi connectivity index (χ2n) is 8.10. The molecule has 1 aromatic rings. The fourth-order valence-electron chi connectivity index (χ4n) is 3.93. The van der Waals surface area contributed by atoms with Crippen LogP contribution in [0.2, 0.25) is 0 Å². The summed E-state index contributed by atoms with van der Waals surface area (Å²) in [6.45, 7) is 8.61. The zero-order valence-electron chi connectivity index (χ0n) is 18.2. The Morgan fingerprint density at radius 3 is 2.79 bits per heavy atom. The van der Waals surface area contributed by atoms with Crippen LogP contribution >= 0.6 is 0 Å². The monoisotopic (exact) mass is 404 g/mol. The molecule has 0 aliphatic carbocycles. The Labute approximate surface area is 175 Å². The van der Waals surface area contributed by atoms with E-state index in [1.165, 1.54) is 38.2 Å². The molecule has 1 aliphatic rings. The van der Waals surface area contributed by atoms with Gasteiger partial charge in [-0.25, -0.2) is 4.98 Å². The van der Waals surface area contributed by atoms with Crippen molar-refractivity contribution in [3.63, 3.8) is 0 Å². The summed E-state index contributed by atoms with van der Waals surface area (Å²) < 4.78 is 0. The van der Waals surface area contributed by atoms with Crippen molar-refractivity contribution in [3.05, 3.63) is 24.3 Å². The Balaban J connectivity index is 1.72. The molecular weight excluding hydrogens is 366 g/mol. The third-order valence-corrected chi connectivity index (χ3v) is 5.79. The van der Waals surface area contributed by atoms with Gasteiger partial charge in [0.05, 0.1) is 25.3 Å². The number of quaternary nitrogens is 1. The second kappa shape index (κ2) is 13.2. The Hall–Kier alpha value is -2.02. The number of amides is 2. The molecule has 2 rings (SSSR count). The largest absolute Gasteiger partial charge is 0.356 e. The molecule has 2 heterocycles. The molecule has 0 bridgehead atoms. The summed E-state index contributed by atoms with van der Waals surface area (Å²) in [5.74, 6) is -0.135. The molecule has 1 unspecified atom stereocenters. The molecule has 1 fully saturated rings. The van der Waals surface area contributed by atoms with Crippen molar-refractivity contribution in [1.29, 1.82) is 0 Å². The maximum Gasteiger partial charge on any atom is 0.274 e. The van der Waals surface area contributed by atoms with Crippen molar-refractivity contribution < 1.29 is 14.5 Å². The Morgan fingerprint density at radius 1 is 1.21 bits per heavy atom. The average molecular weight is 405 g/mol. The number of hydrogen-bond donors (Lipinski definition) is 2. The van der Waals surface area contributed by atoms with E-state index in [1.54, 1.807) is 16.0 Å². The number of likely N-dealkylation sites (tertiary alicyclic amines) is 1. The molecule has 1 aliphatic heterocycles. The van der Waals surface area contributed by atoms with Gasteiger partial charge < -0.3 is 15.1 Å². The molecule has 0 saturated carbocycles. The number of carbonyl (C=O) groups is 2. The number of carbonyl (C=O) groups excluding carboxylic acids is 2. The minimum Gasteiger partial charge on any atom is -0.356 e. The van der Waals surface area contributed by atoms with Gasteiger partial charge in [0.1, 0.15) is 5.69 Å². The average Bonchev–Trinajstić information content (AvgIpc) is 2.75. The van der Waals surface area contributed by atoms with Crippen LogP contribution in [0.5, 0.6) is 0 Å². The quantitative estimate of drug-likeness (QED) is 0.517. The predicted molar refractivity (Wildman–Crippen MR) is 114 cm³/mol. The van der Waals surface area contributed by atoms with E-state index in [0.29, 0.717) is 31.7 Å². The third kappa shape index (κ3) is 8.48. The Morgan fingerprint density at radius 2 is 2.07 bits per heavy atom. The van der Waals surface area contributed by atoms with E-state index in [4.69, 9.17) is 0 Å². The molecule has 2 amide bonds. The fourth-order valence-corrected chi connectivity index (χ4v) is 3.93. The minimum absolute atomic E-state index is 0.0131. The van der Waals surface area contributed by atoms with Crippen LogP contribution in [0.25, 0.3) is 0 Å². The highest BCUT2D eigenvalue weighted by atomic mass is 16.2. The molecular formula is C22H38N5O2+. The molecule has 1 aromatic heterocycles. The van der Waals surface area contributed by atoms with Crippen molar-refractivity contribution in [1.82, 2.24) is 20.2 Å². The van der Waals surface area contributed by atoms with E-state index in [1.807, 2.05) is 0 Å². The van der Waals surface area contributed by atoms with Gasteiger partial charge in [-0.1, -0.05) is 19.8 Å². The number of hydrogen-bond acceptors (Lipinski definition) is 4. The summed E-state index contributed by atoms with van der Waals surface area (Å²) in [6.07, 6.45) is 13.0. The highest BCUT2D eigenvalue weighted by molar-refractivity contribution is 5.92. The number of nitrogens with zero attached hydrogens (tertiary/aromatic N) is 3. The molecule has 162 valence electrons. The van der Waals surface area contributed by atoms with Crippen molar-refractivity contribution in [2.75, 3.05) is 32.7 Å². The van der Waals surface area contributed by atoms with E-state index in [2.05, 4.69) is 29.1 Å². The maximum absolute atomic E-state index is 12.7. The summed E-state index contributed by atoms with van der Waals surface area (Å²) in [7, 11) is 0. The first-order chi connectivity index (χ1) is 14.1. The van der Waals surface area contributed by atoms with Crippen LogP contribution in [-0.4, -0.2) is 65.4 Å². The summed E-state index contributed by atoms with van der Waals surface area (Å²) in [6, 6.07) is 0.739. The Bertz CT molecular complexity index is 610. The topological polar surface area (TPSA) is 79.6 Å².